The van der Waals surface area contributed by atoms with E-state index in [-0.39, 0.29) is 17.5 Å². The van der Waals surface area contributed by atoms with Crippen molar-refractivity contribution in [2.24, 2.45) is 5.92 Å². The first-order valence-corrected chi connectivity index (χ1v) is 8.73. The SMILES string of the molecule is CCCS(=O)(=O)Nc1ccc(C(=O)C(CC)CC)cc1. The number of benzene rings is 1. The molecule has 20 heavy (non-hydrogen) atoms. The summed E-state index contributed by atoms with van der Waals surface area (Å²) < 4.78 is 25.8. The smallest absolute Gasteiger partial charge is 0.232 e. The Morgan fingerprint density at radius 1 is 1.10 bits per heavy atom. The Balaban J connectivity index is 2.82. The van der Waals surface area contributed by atoms with Crippen LogP contribution in [0.4, 0.5) is 5.69 Å². The molecule has 5 heteroatoms. The van der Waals surface area contributed by atoms with Gasteiger partial charge in [0.25, 0.3) is 0 Å². The molecule has 1 aromatic rings. The second-order valence-corrected chi connectivity index (χ2v) is 6.72. The summed E-state index contributed by atoms with van der Waals surface area (Å²) in [5.41, 5.74) is 1.14. The third-order valence-corrected chi connectivity index (χ3v) is 4.76. The molecule has 112 valence electrons. The summed E-state index contributed by atoms with van der Waals surface area (Å²) in [5.74, 6) is 0.261. The zero-order valence-corrected chi connectivity index (χ0v) is 13.2. The fourth-order valence-corrected chi connectivity index (χ4v) is 3.23. The van der Waals surface area contributed by atoms with Crippen LogP contribution in [0, 0.1) is 5.92 Å². The summed E-state index contributed by atoms with van der Waals surface area (Å²) in [6.45, 7) is 5.81. The highest BCUT2D eigenvalue weighted by molar-refractivity contribution is 7.92. The summed E-state index contributed by atoms with van der Waals surface area (Å²) in [5, 5.41) is 0. The maximum absolute atomic E-state index is 12.2. The molecule has 0 radical (unpaired) electrons. The Morgan fingerprint density at radius 3 is 2.10 bits per heavy atom. The molecule has 0 heterocycles. The minimum Gasteiger partial charge on any atom is -0.294 e. The third-order valence-electron chi connectivity index (χ3n) is 3.27. The van der Waals surface area contributed by atoms with E-state index >= 15 is 0 Å². The summed E-state index contributed by atoms with van der Waals surface area (Å²) in [4.78, 5) is 12.2. The summed E-state index contributed by atoms with van der Waals surface area (Å²) >= 11 is 0. The fraction of sp³-hybridized carbons (Fsp3) is 0.533. The zero-order valence-electron chi connectivity index (χ0n) is 12.3. The van der Waals surface area contributed by atoms with Gasteiger partial charge in [-0.05, 0) is 43.5 Å². The molecule has 0 saturated heterocycles. The Labute approximate surface area is 121 Å². The van der Waals surface area contributed by atoms with Crippen LogP contribution in [0.1, 0.15) is 50.4 Å². The number of ketones is 1. The maximum atomic E-state index is 12.2. The molecule has 1 N–H and O–H groups in total. The van der Waals surface area contributed by atoms with Crippen molar-refractivity contribution in [1.29, 1.82) is 0 Å². The van der Waals surface area contributed by atoms with Gasteiger partial charge in [-0.3, -0.25) is 9.52 Å². The Hall–Kier alpha value is -1.36. The molecular weight excluding hydrogens is 274 g/mol. The van der Waals surface area contributed by atoms with Gasteiger partial charge in [-0.25, -0.2) is 8.42 Å². The van der Waals surface area contributed by atoms with Crippen LogP contribution in [0.25, 0.3) is 0 Å². The zero-order chi connectivity index (χ0) is 15.2. The minimum atomic E-state index is -3.28. The van der Waals surface area contributed by atoms with Crippen LogP contribution in [0.5, 0.6) is 0 Å². The van der Waals surface area contributed by atoms with E-state index in [9.17, 15) is 13.2 Å². The molecule has 0 saturated carbocycles. The number of nitrogens with one attached hydrogen (secondary N) is 1. The molecule has 0 spiro atoms. The van der Waals surface area contributed by atoms with Gasteiger partial charge in [-0.1, -0.05) is 20.8 Å². The molecule has 0 aromatic heterocycles. The number of Topliss-reactive ketones (excluding diaryl/α,β-unsaturated/α-hetero) is 1. The van der Waals surface area contributed by atoms with Crippen LogP contribution in [-0.2, 0) is 10.0 Å². The first-order chi connectivity index (χ1) is 9.43. The van der Waals surface area contributed by atoms with E-state index in [0.29, 0.717) is 17.7 Å². The average molecular weight is 297 g/mol. The van der Waals surface area contributed by atoms with Crippen molar-refractivity contribution in [3.05, 3.63) is 29.8 Å². The number of carbonyl (C=O) groups is 1. The van der Waals surface area contributed by atoms with E-state index in [1.165, 1.54) is 0 Å². The molecule has 0 aliphatic rings. The normalized spacial score (nSPS) is 11.6. The fourth-order valence-electron chi connectivity index (χ4n) is 2.10. The van der Waals surface area contributed by atoms with Crippen LogP contribution < -0.4 is 4.72 Å². The standard InChI is InChI=1S/C15H23NO3S/c1-4-11-20(18,19)16-14-9-7-13(8-10-14)15(17)12(5-2)6-3/h7-10,12,16H,4-6,11H2,1-3H3. The predicted octanol–water partition coefficient (Wildman–Crippen LogP) is 3.46. The van der Waals surface area contributed by atoms with Crippen molar-refractivity contribution in [3.63, 3.8) is 0 Å². The third kappa shape index (κ3) is 4.63. The van der Waals surface area contributed by atoms with Gasteiger partial charge < -0.3 is 0 Å². The molecule has 0 aliphatic heterocycles. The first kappa shape index (κ1) is 16.7. The Morgan fingerprint density at radius 2 is 1.65 bits per heavy atom. The Bertz CT molecular complexity index is 531. The highest BCUT2D eigenvalue weighted by Gasteiger charge is 2.16. The molecule has 0 bridgehead atoms. The van der Waals surface area contributed by atoms with Crippen molar-refractivity contribution in [2.75, 3.05) is 10.5 Å². The summed E-state index contributed by atoms with van der Waals surface area (Å²) in [7, 11) is -3.28. The van der Waals surface area contributed by atoms with Gasteiger partial charge in [0.2, 0.25) is 10.0 Å². The van der Waals surface area contributed by atoms with Crippen molar-refractivity contribution in [1.82, 2.24) is 0 Å². The maximum Gasteiger partial charge on any atom is 0.232 e. The topological polar surface area (TPSA) is 63.2 Å². The van der Waals surface area contributed by atoms with Crippen LogP contribution in [0.15, 0.2) is 24.3 Å². The van der Waals surface area contributed by atoms with Gasteiger partial charge in [-0.2, -0.15) is 0 Å². The number of hydrogen-bond acceptors (Lipinski definition) is 3. The molecule has 0 fully saturated rings. The van der Waals surface area contributed by atoms with E-state index in [1.807, 2.05) is 20.8 Å². The lowest BCUT2D eigenvalue weighted by Crippen LogP contribution is -2.16. The minimum absolute atomic E-state index is 0.0395. The summed E-state index contributed by atoms with van der Waals surface area (Å²) in [6.07, 6.45) is 2.21. The second-order valence-electron chi connectivity index (χ2n) is 4.88. The molecule has 0 amide bonds. The van der Waals surface area contributed by atoms with E-state index < -0.39 is 10.0 Å². The van der Waals surface area contributed by atoms with Crippen molar-refractivity contribution in [2.45, 2.75) is 40.0 Å². The molecule has 4 nitrogen and oxygen atoms in total. The summed E-state index contributed by atoms with van der Waals surface area (Å²) in [6, 6.07) is 6.65. The number of rotatable bonds is 8. The molecule has 0 atom stereocenters. The molecule has 0 aliphatic carbocycles. The average Bonchev–Trinajstić information content (AvgIpc) is 2.40. The van der Waals surface area contributed by atoms with Crippen molar-refractivity contribution in [3.8, 4) is 0 Å². The quantitative estimate of drug-likeness (QED) is 0.747. The second kappa shape index (κ2) is 7.43. The van der Waals surface area contributed by atoms with E-state index in [2.05, 4.69) is 4.72 Å². The van der Waals surface area contributed by atoms with Crippen LogP contribution >= 0.6 is 0 Å². The van der Waals surface area contributed by atoms with Gasteiger partial charge in [-0.15, -0.1) is 0 Å². The number of anilines is 1. The van der Waals surface area contributed by atoms with Crippen molar-refractivity contribution < 1.29 is 13.2 Å². The number of carbonyl (C=O) groups excluding carboxylic acids is 1. The van der Waals surface area contributed by atoms with E-state index in [1.54, 1.807) is 24.3 Å². The molecule has 1 rings (SSSR count). The van der Waals surface area contributed by atoms with Crippen molar-refractivity contribution >= 4 is 21.5 Å². The van der Waals surface area contributed by atoms with Gasteiger partial charge in [0.15, 0.2) is 5.78 Å². The largest absolute Gasteiger partial charge is 0.294 e. The predicted molar refractivity (Wildman–Crippen MR) is 82.5 cm³/mol. The van der Waals surface area contributed by atoms with Crippen LogP contribution in [0.2, 0.25) is 0 Å². The van der Waals surface area contributed by atoms with E-state index in [0.717, 1.165) is 12.8 Å². The molecular formula is C15H23NO3S. The number of hydrogen-bond donors (Lipinski definition) is 1. The number of sulfonamides is 1. The lowest BCUT2D eigenvalue weighted by molar-refractivity contribution is 0.0913. The van der Waals surface area contributed by atoms with Crippen LogP contribution in [0.3, 0.4) is 0 Å². The van der Waals surface area contributed by atoms with E-state index in [4.69, 9.17) is 0 Å². The van der Waals surface area contributed by atoms with Gasteiger partial charge in [0.05, 0.1) is 5.75 Å². The first-order valence-electron chi connectivity index (χ1n) is 7.08. The van der Waals surface area contributed by atoms with Gasteiger partial charge >= 0.3 is 0 Å². The van der Waals surface area contributed by atoms with Gasteiger partial charge in [0.1, 0.15) is 0 Å². The highest BCUT2D eigenvalue weighted by Crippen LogP contribution is 2.18. The monoisotopic (exact) mass is 297 g/mol. The lowest BCUT2D eigenvalue weighted by atomic mass is 9.93. The Kier molecular flexibility index (Phi) is 6.20. The molecule has 0 unspecified atom stereocenters. The van der Waals surface area contributed by atoms with Crippen LogP contribution in [-0.4, -0.2) is 20.0 Å². The molecule has 1 aromatic carbocycles. The van der Waals surface area contributed by atoms with Gasteiger partial charge in [0, 0.05) is 17.2 Å². The highest BCUT2D eigenvalue weighted by atomic mass is 32.2. The lowest BCUT2D eigenvalue weighted by Gasteiger charge is -2.12.